The number of carbonyl (C=O) groups excluding carboxylic acids is 3. The lowest BCUT2D eigenvalue weighted by molar-refractivity contribution is -0.114. The fraction of sp³-hybridized carbons (Fsp3) is 0.182. The van der Waals surface area contributed by atoms with Gasteiger partial charge in [0.15, 0.2) is 0 Å². The molecule has 0 bridgehead atoms. The minimum absolute atomic E-state index is 0.170. The minimum atomic E-state index is -0.473. The van der Waals surface area contributed by atoms with Gasteiger partial charge in [-0.15, -0.1) is 0 Å². The number of anilines is 1. The molecule has 1 aliphatic rings. The molecule has 0 atom stereocenters. The highest BCUT2D eigenvalue weighted by atomic mass is 16.2. The number of urea groups is 1. The molecule has 1 aliphatic heterocycles. The maximum absolute atomic E-state index is 12.6. The maximum Gasteiger partial charge on any atom is 0.324 e. The second kappa shape index (κ2) is 7.82. The Morgan fingerprint density at radius 2 is 1.83 bits per heavy atom. The average molecular weight is 403 g/mol. The van der Waals surface area contributed by atoms with Crippen LogP contribution in [0.15, 0.2) is 48.5 Å². The van der Waals surface area contributed by atoms with E-state index in [9.17, 15) is 14.4 Å². The molecular weight excluding hydrogens is 382 g/mol. The molecule has 1 aromatic heterocycles. The third-order valence-electron chi connectivity index (χ3n) is 4.94. The number of nitrogens with one attached hydrogen (secondary N) is 3. The summed E-state index contributed by atoms with van der Waals surface area (Å²) in [6.07, 6.45) is 0. The molecule has 0 aliphatic carbocycles. The number of nitrogens with zero attached hydrogens (tertiary/aromatic N) is 2. The van der Waals surface area contributed by atoms with Gasteiger partial charge in [0.05, 0.1) is 30.2 Å². The monoisotopic (exact) mass is 403 g/mol. The number of fused-ring (bicyclic) bond motifs is 1. The van der Waals surface area contributed by atoms with Gasteiger partial charge in [-0.25, -0.2) is 4.79 Å². The van der Waals surface area contributed by atoms with Crippen molar-refractivity contribution in [1.29, 1.82) is 0 Å². The smallest absolute Gasteiger partial charge is 0.324 e. The summed E-state index contributed by atoms with van der Waals surface area (Å²) in [7, 11) is 0. The molecule has 152 valence electrons. The van der Waals surface area contributed by atoms with Crippen molar-refractivity contribution in [2.24, 2.45) is 0 Å². The van der Waals surface area contributed by atoms with Gasteiger partial charge < -0.3 is 10.2 Å². The van der Waals surface area contributed by atoms with Crippen LogP contribution in [0.3, 0.4) is 0 Å². The molecule has 8 heteroatoms. The molecule has 0 saturated heterocycles. The Labute approximate surface area is 173 Å². The predicted octanol–water partition coefficient (Wildman–Crippen LogP) is 3.21. The van der Waals surface area contributed by atoms with Crippen LogP contribution in [-0.4, -0.2) is 32.9 Å². The zero-order valence-corrected chi connectivity index (χ0v) is 16.7. The van der Waals surface area contributed by atoms with Crippen molar-refractivity contribution in [1.82, 2.24) is 20.4 Å². The van der Waals surface area contributed by atoms with Gasteiger partial charge in [0.1, 0.15) is 0 Å². The van der Waals surface area contributed by atoms with E-state index in [0.29, 0.717) is 24.3 Å². The quantitative estimate of drug-likeness (QED) is 0.624. The Balaban J connectivity index is 1.55. The number of aromatic nitrogens is 2. The van der Waals surface area contributed by atoms with Crippen LogP contribution in [0.5, 0.6) is 0 Å². The Kier molecular flexibility index (Phi) is 5.05. The van der Waals surface area contributed by atoms with Gasteiger partial charge in [0, 0.05) is 23.6 Å². The molecule has 0 radical (unpaired) electrons. The molecule has 0 unspecified atom stereocenters. The summed E-state index contributed by atoms with van der Waals surface area (Å²) in [5.41, 5.74) is 5.29. The Morgan fingerprint density at radius 3 is 2.57 bits per heavy atom. The standard InChI is InChI=1S/C22H21N5O3/c1-13-8-9-18(23-14(2)28)16(10-13)20-17-11-27(12-19(17)25-26-20)22(30)24-21(29)15-6-4-3-5-7-15/h3-10H,11-12H2,1-2H3,(H,23,28)(H,25,26)(H,24,29,30). The molecule has 2 aromatic carbocycles. The first-order valence-corrected chi connectivity index (χ1v) is 9.52. The van der Waals surface area contributed by atoms with Crippen LogP contribution < -0.4 is 10.6 Å². The Hall–Kier alpha value is -3.94. The third-order valence-corrected chi connectivity index (χ3v) is 4.94. The molecule has 0 fully saturated rings. The van der Waals surface area contributed by atoms with Crippen LogP contribution in [0.1, 0.15) is 34.1 Å². The van der Waals surface area contributed by atoms with Gasteiger partial charge in [0.25, 0.3) is 5.91 Å². The van der Waals surface area contributed by atoms with E-state index in [-0.39, 0.29) is 5.91 Å². The van der Waals surface area contributed by atoms with E-state index >= 15 is 0 Å². The van der Waals surface area contributed by atoms with Gasteiger partial charge >= 0.3 is 6.03 Å². The number of amides is 4. The van der Waals surface area contributed by atoms with Crippen LogP contribution in [0, 0.1) is 6.92 Å². The lowest BCUT2D eigenvalue weighted by Crippen LogP contribution is -2.40. The summed E-state index contributed by atoms with van der Waals surface area (Å²) in [4.78, 5) is 38.0. The first kappa shape index (κ1) is 19.4. The zero-order valence-electron chi connectivity index (χ0n) is 16.7. The molecule has 4 rings (SSSR count). The highest BCUT2D eigenvalue weighted by Crippen LogP contribution is 2.35. The van der Waals surface area contributed by atoms with Crippen molar-refractivity contribution < 1.29 is 14.4 Å². The van der Waals surface area contributed by atoms with E-state index in [1.165, 1.54) is 11.8 Å². The van der Waals surface area contributed by atoms with Crippen molar-refractivity contribution in [3.05, 3.63) is 70.9 Å². The summed E-state index contributed by atoms with van der Waals surface area (Å²) in [5.74, 6) is -0.616. The highest BCUT2D eigenvalue weighted by Gasteiger charge is 2.30. The number of H-pyrrole nitrogens is 1. The highest BCUT2D eigenvalue weighted by molar-refractivity contribution is 6.04. The molecule has 8 nitrogen and oxygen atoms in total. The van der Waals surface area contributed by atoms with Gasteiger partial charge in [-0.3, -0.25) is 20.0 Å². The van der Waals surface area contributed by atoms with Crippen LogP contribution in [-0.2, 0) is 17.9 Å². The van der Waals surface area contributed by atoms with Gasteiger partial charge in [0.2, 0.25) is 5.91 Å². The van der Waals surface area contributed by atoms with Crippen LogP contribution in [0.4, 0.5) is 10.5 Å². The minimum Gasteiger partial charge on any atom is -0.326 e. The molecule has 2 heterocycles. The van der Waals surface area contributed by atoms with Crippen LogP contribution in [0.2, 0.25) is 0 Å². The Bertz CT molecular complexity index is 1140. The number of aryl methyl sites for hydroxylation is 1. The molecule has 0 saturated carbocycles. The number of carbonyl (C=O) groups is 3. The van der Waals surface area contributed by atoms with Crippen molar-refractivity contribution in [2.45, 2.75) is 26.9 Å². The predicted molar refractivity (Wildman–Crippen MR) is 112 cm³/mol. The second-order valence-electron chi connectivity index (χ2n) is 7.24. The molecular formula is C22H21N5O3. The van der Waals surface area contributed by atoms with Crippen molar-refractivity contribution in [2.75, 3.05) is 5.32 Å². The summed E-state index contributed by atoms with van der Waals surface area (Å²) >= 11 is 0. The van der Waals surface area contributed by atoms with Gasteiger partial charge in [-0.2, -0.15) is 5.10 Å². The average Bonchev–Trinajstić information content (AvgIpc) is 3.30. The summed E-state index contributed by atoms with van der Waals surface area (Å²) in [6, 6.07) is 13.8. The maximum atomic E-state index is 12.6. The molecule has 0 spiro atoms. The van der Waals surface area contributed by atoms with Crippen molar-refractivity contribution in [3.63, 3.8) is 0 Å². The topological polar surface area (TPSA) is 107 Å². The Morgan fingerprint density at radius 1 is 1.07 bits per heavy atom. The number of aromatic amines is 1. The number of rotatable bonds is 3. The van der Waals surface area contributed by atoms with Crippen LogP contribution in [0.25, 0.3) is 11.3 Å². The van der Waals surface area contributed by atoms with E-state index in [2.05, 4.69) is 20.8 Å². The largest absolute Gasteiger partial charge is 0.326 e. The second-order valence-corrected chi connectivity index (χ2v) is 7.24. The number of hydrogen-bond donors (Lipinski definition) is 3. The van der Waals surface area contributed by atoms with Gasteiger partial charge in [-0.1, -0.05) is 29.8 Å². The van der Waals surface area contributed by atoms with E-state index in [1.807, 2.05) is 25.1 Å². The van der Waals surface area contributed by atoms with Gasteiger partial charge in [-0.05, 0) is 31.2 Å². The fourth-order valence-electron chi connectivity index (χ4n) is 3.50. The molecule has 4 amide bonds. The van der Waals surface area contributed by atoms with E-state index < -0.39 is 11.9 Å². The van der Waals surface area contributed by atoms with E-state index in [1.54, 1.807) is 30.3 Å². The number of benzene rings is 2. The summed E-state index contributed by atoms with van der Waals surface area (Å²) < 4.78 is 0. The number of hydrogen-bond acceptors (Lipinski definition) is 4. The lowest BCUT2D eigenvalue weighted by atomic mass is 10.0. The van der Waals surface area contributed by atoms with E-state index in [0.717, 1.165) is 28.1 Å². The summed E-state index contributed by atoms with van der Waals surface area (Å²) in [6.45, 7) is 4.02. The van der Waals surface area contributed by atoms with Crippen molar-refractivity contribution >= 4 is 23.5 Å². The normalized spacial score (nSPS) is 12.4. The first-order valence-electron chi connectivity index (χ1n) is 9.52. The molecule has 3 aromatic rings. The van der Waals surface area contributed by atoms with E-state index in [4.69, 9.17) is 0 Å². The zero-order chi connectivity index (χ0) is 21.3. The fourth-order valence-corrected chi connectivity index (χ4v) is 3.50. The summed E-state index contributed by atoms with van der Waals surface area (Å²) in [5, 5.41) is 12.6. The third kappa shape index (κ3) is 3.80. The van der Waals surface area contributed by atoms with Crippen LogP contribution >= 0.6 is 0 Å². The lowest BCUT2D eigenvalue weighted by Gasteiger charge is -2.16. The molecule has 30 heavy (non-hydrogen) atoms. The van der Waals surface area contributed by atoms with Crippen molar-refractivity contribution in [3.8, 4) is 11.3 Å². The SMILES string of the molecule is CC(=O)Nc1ccc(C)cc1-c1[nH]nc2c1CN(C(=O)NC(=O)c1ccccc1)C2. The first-order chi connectivity index (χ1) is 14.4. The number of imide groups is 1. The molecule has 3 N–H and O–H groups in total.